The predicted octanol–water partition coefficient (Wildman–Crippen LogP) is 3.23. The second kappa shape index (κ2) is 10.7. The topological polar surface area (TPSA) is 58.6 Å². The maximum absolute atomic E-state index is 13.7. The molecule has 0 fully saturated rings. The van der Waals surface area contributed by atoms with E-state index in [2.05, 4.69) is 5.32 Å². The lowest BCUT2D eigenvalue weighted by atomic mass is 10.1. The molecule has 1 atom stereocenters. The highest BCUT2D eigenvalue weighted by molar-refractivity contribution is 7.99. The first-order valence-electron chi connectivity index (χ1n) is 8.91. The predicted molar refractivity (Wildman–Crippen MR) is 110 cm³/mol. The van der Waals surface area contributed by atoms with Gasteiger partial charge in [0.2, 0.25) is 11.8 Å². The van der Waals surface area contributed by atoms with E-state index < -0.39 is 6.04 Å². The van der Waals surface area contributed by atoms with Crippen LogP contribution in [0.5, 0.6) is 5.75 Å². The van der Waals surface area contributed by atoms with Crippen LogP contribution in [0.3, 0.4) is 0 Å². The van der Waals surface area contributed by atoms with Gasteiger partial charge in [0.15, 0.2) is 0 Å². The summed E-state index contributed by atoms with van der Waals surface area (Å²) in [6.45, 7) is 1.98. The van der Waals surface area contributed by atoms with Gasteiger partial charge in [0.25, 0.3) is 0 Å². The summed E-state index contributed by atoms with van der Waals surface area (Å²) in [5.74, 6) is 0.524. The monoisotopic (exact) mass is 404 g/mol. The summed E-state index contributed by atoms with van der Waals surface area (Å²) in [5, 5.41) is 2.58. The van der Waals surface area contributed by atoms with Gasteiger partial charge in [0, 0.05) is 19.3 Å². The van der Waals surface area contributed by atoms with Crippen LogP contribution >= 0.6 is 11.8 Å². The number of nitrogens with zero attached hydrogens (tertiary/aromatic N) is 1. The molecular weight excluding hydrogens is 379 g/mol. The Labute approximate surface area is 169 Å². The molecule has 0 heterocycles. The molecule has 150 valence electrons. The molecule has 0 radical (unpaired) electrons. The minimum absolute atomic E-state index is 0.152. The molecule has 0 aromatic heterocycles. The summed E-state index contributed by atoms with van der Waals surface area (Å²) in [4.78, 5) is 26.5. The standard InChI is InChI=1S/C21H25FN2O3S/c1-15(21(26)23-2)24(12-16-7-6-9-18(11-16)27-3)20(25)14-28-13-17-8-4-5-10-19(17)22/h4-11,15H,12-14H2,1-3H3,(H,23,26)/t15-/m1/s1. The van der Waals surface area contributed by atoms with Crippen molar-refractivity contribution in [2.75, 3.05) is 19.9 Å². The summed E-state index contributed by atoms with van der Waals surface area (Å²) in [6, 6.07) is 13.3. The molecule has 1 N–H and O–H groups in total. The number of ether oxygens (including phenoxy) is 1. The molecule has 7 heteroatoms. The number of amides is 2. The van der Waals surface area contributed by atoms with Crippen LogP contribution < -0.4 is 10.1 Å². The number of carbonyl (C=O) groups excluding carboxylic acids is 2. The van der Waals surface area contributed by atoms with Crippen molar-refractivity contribution in [2.45, 2.75) is 25.3 Å². The first-order valence-corrected chi connectivity index (χ1v) is 10.1. The number of methoxy groups -OCH3 is 1. The number of thioether (sulfide) groups is 1. The SMILES string of the molecule is CNC(=O)[C@@H](C)N(Cc1cccc(OC)c1)C(=O)CSCc1ccccc1F. The summed E-state index contributed by atoms with van der Waals surface area (Å²) in [7, 11) is 3.12. The number of carbonyl (C=O) groups is 2. The molecule has 2 aromatic carbocycles. The Balaban J connectivity index is 2.08. The third kappa shape index (κ3) is 5.99. The van der Waals surface area contributed by atoms with E-state index in [4.69, 9.17) is 4.74 Å². The van der Waals surface area contributed by atoms with E-state index in [9.17, 15) is 14.0 Å². The molecule has 2 rings (SSSR count). The molecule has 28 heavy (non-hydrogen) atoms. The van der Waals surface area contributed by atoms with Crippen LogP contribution in [0, 0.1) is 5.82 Å². The quantitative estimate of drug-likeness (QED) is 0.697. The lowest BCUT2D eigenvalue weighted by Gasteiger charge is -2.28. The third-order valence-corrected chi connectivity index (χ3v) is 5.31. The van der Waals surface area contributed by atoms with Crippen LogP contribution in [-0.4, -0.2) is 42.7 Å². The minimum atomic E-state index is -0.627. The number of nitrogens with one attached hydrogen (secondary N) is 1. The first-order chi connectivity index (χ1) is 13.5. The van der Waals surface area contributed by atoms with E-state index in [1.54, 1.807) is 39.3 Å². The Bertz CT molecular complexity index is 816. The number of halogens is 1. The Hall–Kier alpha value is -2.54. The van der Waals surface area contributed by atoms with Gasteiger partial charge in [-0.1, -0.05) is 30.3 Å². The van der Waals surface area contributed by atoms with Gasteiger partial charge in [-0.15, -0.1) is 11.8 Å². The van der Waals surface area contributed by atoms with Gasteiger partial charge < -0.3 is 15.0 Å². The summed E-state index contributed by atoms with van der Waals surface area (Å²) in [5.41, 5.74) is 1.42. The van der Waals surface area contributed by atoms with E-state index in [1.165, 1.54) is 22.7 Å². The van der Waals surface area contributed by atoms with Crippen molar-refractivity contribution < 1.29 is 18.7 Å². The molecule has 2 amide bonds. The lowest BCUT2D eigenvalue weighted by molar-refractivity contribution is -0.138. The third-order valence-electron chi connectivity index (χ3n) is 4.34. The summed E-state index contributed by atoms with van der Waals surface area (Å²) in [6.07, 6.45) is 0. The molecule has 0 aliphatic heterocycles. The lowest BCUT2D eigenvalue weighted by Crippen LogP contribution is -2.47. The second-order valence-corrected chi connectivity index (χ2v) is 7.23. The average Bonchev–Trinajstić information content (AvgIpc) is 2.72. The van der Waals surface area contributed by atoms with Crippen LogP contribution in [0.2, 0.25) is 0 Å². The largest absolute Gasteiger partial charge is 0.497 e. The van der Waals surface area contributed by atoms with Crippen molar-refractivity contribution >= 4 is 23.6 Å². The first kappa shape index (κ1) is 21.8. The van der Waals surface area contributed by atoms with Crippen LogP contribution in [0.1, 0.15) is 18.1 Å². The van der Waals surface area contributed by atoms with Crippen LogP contribution in [0.25, 0.3) is 0 Å². The van der Waals surface area contributed by atoms with E-state index >= 15 is 0 Å². The highest BCUT2D eigenvalue weighted by atomic mass is 32.2. The van der Waals surface area contributed by atoms with E-state index in [-0.39, 0.29) is 29.9 Å². The highest BCUT2D eigenvalue weighted by Crippen LogP contribution is 2.19. The zero-order valence-corrected chi connectivity index (χ0v) is 17.1. The summed E-state index contributed by atoms with van der Waals surface area (Å²) >= 11 is 1.32. The molecule has 2 aromatic rings. The maximum Gasteiger partial charge on any atom is 0.242 e. The van der Waals surface area contributed by atoms with E-state index in [1.807, 2.05) is 24.3 Å². The smallest absolute Gasteiger partial charge is 0.242 e. The molecule has 5 nitrogen and oxygen atoms in total. The van der Waals surface area contributed by atoms with Gasteiger partial charge in [-0.3, -0.25) is 9.59 Å². The summed E-state index contributed by atoms with van der Waals surface area (Å²) < 4.78 is 19.0. The normalized spacial score (nSPS) is 11.6. The number of hydrogen-bond donors (Lipinski definition) is 1. The number of likely N-dealkylation sites (N-methyl/N-ethyl adjacent to an activating group) is 1. The Kier molecular flexibility index (Phi) is 8.32. The Morgan fingerprint density at radius 3 is 2.64 bits per heavy atom. The van der Waals surface area contributed by atoms with Crippen molar-refractivity contribution in [3.8, 4) is 5.75 Å². The molecule has 0 aliphatic carbocycles. The zero-order valence-electron chi connectivity index (χ0n) is 16.3. The number of benzene rings is 2. The van der Waals surface area contributed by atoms with Crippen molar-refractivity contribution in [3.05, 3.63) is 65.5 Å². The molecule has 0 bridgehead atoms. The molecule has 0 saturated heterocycles. The number of rotatable bonds is 9. The van der Waals surface area contributed by atoms with Crippen molar-refractivity contribution in [3.63, 3.8) is 0 Å². The van der Waals surface area contributed by atoms with Crippen LogP contribution in [0.4, 0.5) is 4.39 Å². The zero-order chi connectivity index (χ0) is 20.5. The second-order valence-electron chi connectivity index (χ2n) is 6.25. The van der Waals surface area contributed by atoms with Gasteiger partial charge in [-0.25, -0.2) is 4.39 Å². The molecule has 0 spiro atoms. The van der Waals surface area contributed by atoms with Gasteiger partial charge in [0.05, 0.1) is 12.9 Å². The minimum Gasteiger partial charge on any atom is -0.497 e. The molecule has 0 aliphatic rings. The Morgan fingerprint density at radius 1 is 1.21 bits per heavy atom. The fourth-order valence-electron chi connectivity index (χ4n) is 2.71. The van der Waals surface area contributed by atoms with Gasteiger partial charge >= 0.3 is 0 Å². The van der Waals surface area contributed by atoms with Crippen molar-refractivity contribution in [1.82, 2.24) is 10.2 Å². The fraction of sp³-hybridized carbons (Fsp3) is 0.333. The molecule has 0 unspecified atom stereocenters. The average molecular weight is 405 g/mol. The van der Waals surface area contributed by atoms with Gasteiger partial charge in [-0.05, 0) is 36.2 Å². The maximum atomic E-state index is 13.7. The van der Waals surface area contributed by atoms with Crippen LogP contribution in [-0.2, 0) is 21.9 Å². The van der Waals surface area contributed by atoms with Crippen molar-refractivity contribution in [2.24, 2.45) is 0 Å². The van der Waals surface area contributed by atoms with Crippen molar-refractivity contribution in [1.29, 1.82) is 0 Å². The molecular formula is C21H25FN2O3S. The van der Waals surface area contributed by atoms with E-state index in [0.717, 1.165) is 5.56 Å². The number of hydrogen-bond acceptors (Lipinski definition) is 4. The van der Waals surface area contributed by atoms with Crippen LogP contribution in [0.15, 0.2) is 48.5 Å². The highest BCUT2D eigenvalue weighted by Gasteiger charge is 2.25. The van der Waals surface area contributed by atoms with E-state index in [0.29, 0.717) is 17.1 Å². The van der Waals surface area contributed by atoms with Gasteiger partial charge in [-0.2, -0.15) is 0 Å². The fourth-order valence-corrected chi connectivity index (χ4v) is 3.60. The Morgan fingerprint density at radius 2 is 1.96 bits per heavy atom. The molecule has 0 saturated carbocycles. The van der Waals surface area contributed by atoms with Gasteiger partial charge in [0.1, 0.15) is 17.6 Å².